The third-order valence-electron chi connectivity index (χ3n) is 1.03. The molecule has 0 heterocycles. The monoisotopic (exact) mass is 124 g/mol. The highest BCUT2D eigenvalue weighted by Crippen LogP contribution is 2.10. The van der Waals surface area contributed by atoms with Crippen molar-refractivity contribution in [1.29, 1.82) is 0 Å². The van der Waals surface area contributed by atoms with Crippen LogP contribution < -0.4 is 0 Å². The van der Waals surface area contributed by atoms with E-state index in [2.05, 4.69) is 33.5 Å². The van der Waals surface area contributed by atoms with Crippen molar-refractivity contribution in [3.05, 3.63) is 35.7 Å². The summed E-state index contributed by atoms with van der Waals surface area (Å²) in [6, 6.07) is 0. The average Bonchev–Trinajstić information content (AvgIpc) is 1.94. The van der Waals surface area contributed by atoms with Crippen LogP contribution in [0.3, 0.4) is 0 Å². The predicted molar refractivity (Wildman–Crippen MR) is 40.7 cm³/mol. The maximum absolute atomic E-state index is 2.67. The molecule has 0 aromatic rings. The highest BCUT2D eigenvalue weighted by atomic mass is 31.0. The zero-order valence-electron chi connectivity index (χ0n) is 4.67. The van der Waals surface area contributed by atoms with Crippen LogP contribution in [-0.4, -0.2) is 0 Å². The Hall–Kier alpha value is -0.350. The lowest BCUT2D eigenvalue weighted by Crippen LogP contribution is -1.56. The Balaban J connectivity index is 2.69. The van der Waals surface area contributed by atoms with Gasteiger partial charge < -0.3 is 0 Å². The van der Waals surface area contributed by atoms with Gasteiger partial charge in [0.25, 0.3) is 0 Å². The molecule has 42 valence electrons. The summed E-state index contributed by atoms with van der Waals surface area (Å²) in [6.07, 6.45) is 11.6. The third-order valence-corrected chi connectivity index (χ3v) is 1.45. The smallest absolute Gasteiger partial charge is 0.0157 e. The van der Waals surface area contributed by atoms with E-state index in [1.54, 1.807) is 0 Å². The van der Waals surface area contributed by atoms with E-state index in [1.165, 1.54) is 5.31 Å². The van der Waals surface area contributed by atoms with Crippen LogP contribution in [0.15, 0.2) is 35.7 Å². The van der Waals surface area contributed by atoms with Gasteiger partial charge in [0.2, 0.25) is 0 Å². The number of hydrogen-bond donors (Lipinski definition) is 0. The summed E-state index contributed by atoms with van der Waals surface area (Å²) in [5, 5.41) is 1.27. The summed E-state index contributed by atoms with van der Waals surface area (Å²) >= 11 is 0. The van der Waals surface area contributed by atoms with Crippen molar-refractivity contribution >= 4 is 9.24 Å². The van der Waals surface area contributed by atoms with Crippen LogP contribution in [0.2, 0.25) is 0 Å². The van der Waals surface area contributed by atoms with E-state index in [0.717, 1.165) is 6.42 Å². The van der Waals surface area contributed by atoms with Crippen LogP contribution in [-0.2, 0) is 0 Å². The molecule has 0 saturated carbocycles. The van der Waals surface area contributed by atoms with Gasteiger partial charge in [0.1, 0.15) is 0 Å². The fourth-order valence-electron chi connectivity index (χ4n) is 0.596. The summed E-state index contributed by atoms with van der Waals surface area (Å²) in [5.74, 6) is 0. The van der Waals surface area contributed by atoms with Gasteiger partial charge in [-0.25, -0.2) is 0 Å². The average molecular weight is 124 g/mol. The molecule has 0 amide bonds. The number of allylic oxidation sites excluding steroid dienone is 6. The summed E-state index contributed by atoms with van der Waals surface area (Å²) in [5.41, 5.74) is 0. The van der Waals surface area contributed by atoms with Crippen molar-refractivity contribution < 1.29 is 0 Å². The predicted octanol–water partition coefficient (Wildman–Crippen LogP) is 2.26. The minimum atomic E-state index is 1.06. The second-order valence-electron chi connectivity index (χ2n) is 1.73. The molecule has 0 aromatic carbocycles. The second-order valence-corrected chi connectivity index (χ2v) is 2.39. The molecule has 0 spiro atoms. The van der Waals surface area contributed by atoms with Crippen LogP contribution in [0.5, 0.6) is 0 Å². The molecule has 0 fully saturated rings. The van der Waals surface area contributed by atoms with E-state index in [4.69, 9.17) is 0 Å². The van der Waals surface area contributed by atoms with Gasteiger partial charge in [-0.15, -0.1) is 9.24 Å². The Morgan fingerprint density at radius 3 is 3.12 bits per heavy atom. The molecule has 1 aliphatic carbocycles. The van der Waals surface area contributed by atoms with Crippen LogP contribution in [0.25, 0.3) is 0 Å². The van der Waals surface area contributed by atoms with E-state index in [-0.39, 0.29) is 0 Å². The summed E-state index contributed by atoms with van der Waals surface area (Å²) < 4.78 is 0. The molecular weight excluding hydrogens is 115 g/mol. The SMILES string of the molecule is PC1=CCC=CC=C1. The van der Waals surface area contributed by atoms with Crippen LogP contribution in [0.4, 0.5) is 0 Å². The minimum Gasteiger partial charge on any atom is -0.106 e. The van der Waals surface area contributed by atoms with Gasteiger partial charge in [0.05, 0.1) is 0 Å². The summed E-state index contributed by atoms with van der Waals surface area (Å²) in [6.45, 7) is 0. The Morgan fingerprint density at radius 2 is 2.25 bits per heavy atom. The lowest BCUT2D eigenvalue weighted by Gasteiger charge is -1.82. The van der Waals surface area contributed by atoms with Crippen molar-refractivity contribution in [2.45, 2.75) is 6.42 Å². The number of hydrogen-bond acceptors (Lipinski definition) is 0. The fraction of sp³-hybridized carbons (Fsp3) is 0.143. The van der Waals surface area contributed by atoms with Gasteiger partial charge in [-0.05, 0) is 11.7 Å². The Labute approximate surface area is 52.2 Å². The number of rotatable bonds is 0. The summed E-state index contributed by atoms with van der Waals surface area (Å²) in [4.78, 5) is 0. The zero-order valence-corrected chi connectivity index (χ0v) is 5.83. The lowest BCUT2D eigenvalue weighted by atomic mass is 10.4. The van der Waals surface area contributed by atoms with E-state index in [9.17, 15) is 0 Å². The van der Waals surface area contributed by atoms with Crippen molar-refractivity contribution in [1.82, 2.24) is 0 Å². The van der Waals surface area contributed by atoms with E-state index in [0.29, 0.717) is 0 Å². The quantitative estimate of drug-likeness (QED) is 0.434. The van der Waals surface area contributed by atoms with E-state index in [1.807, 2.05) is 6.08 Å². The molecular formula is C7H9P. The lowest BCUT2D eigenvalue weighted by molar-refractivity contribution is 1.40. The summed E-state index contributed by atoms with van der Waals surface area (Å²) in [7, 11) is 2.67. The van der Waals surface area contributed by atoms with Crippen LogP contribution in [0.1, 0.15) is 6.42 Å². The maximum atomic E-state index is 2.67. The van der Waals surface area contributed by atoms with Crippen molar-refractivity contribution in [3.63, 3.8) is 0 Å². The highest BCUT2D eigenvalue weighted by Gasteiger charge is 1.81. The molecule has 1 aliphatic rings. The maximum Gasteiger partial charge on any atom is -0.0157 e. The first-order valence-corrected chi connectivity index (χ1v) is 3.26. The standard InChI is InChI=1S/C7H9P/c8-7-5-3-1-2-4-6-7/h1-3,5-6H,4,8H2. The topological polar surface area (TPSA) is 0 Å². The molecule has 1 rings (SSSR count). The van der Waals surface area contributed by atoms with Crippen LogP contribution >= 0.6 is 9.24 Å². The van der Waals surface area contributed by atoms with Crippen LogP contribution in [0, 0.1) is 0 Å². The molecule has 1 atom stereocenters. The van der Waals surface area contributed by atoms with Gasteiger partial charge in [0.15, 0.2) is 0 Å². The molecule has 0 aliphatic heterocycles. The first kappa shape index (κ1) is 5.78. The molecule has 0 nitrogen and oxygen atoms in total. The molecule has 8 heavy (non-hydrogen) atoms. The molecule has 0 aromatic heterocycles. The molecule has 1 unspecified atom stereocenters. The molecule has 0 saturated heterocycles. The van der Waals surface area contributed by atoms with Gasteiger partial charge in [0, 0.05) is 0 Å². The zero-order chi connectivity index (χ0) is 5.82. The first-order chi connectivity index (χ1) is 3.89. The molecule has 1 heteroatoms. The normalized spacial score (nSPS) is 17.9. The molecule has 0 bridgehead atoms. The van der Waals surface area contributed by atoms with E-state index < -0.39 is 0 Å². The molecule has 0 N–H and O–H groups in total. The Kier molecular flexibility index (Phi) is 2.05. The van der Waals surface area contributed by atoms with Gasteiger partial charge >= 0.3 is 0 Å². The van der Waals surface area contributed by atoms with Crippen molar-refractivity contribution in [3.8, 4) is 0 Å². The second kappa shape index (κ2) is 2.84. The minimum absolute atomic E-state index is 1.06. The van der Waals surface area contributed by atoms with Gasteiger partial charge in [-0.1, -0.05) is 30.4 Å². The first-order valence-electron chi connectivity index (χ1n) is 2.68. The fourth-order valence-corrected chi connectivity index (χ4v) is 0.843. The Bertz CT molecular complexity index is 149. The van der Waals surface area contributed by atoms with Gasteiger partial charge in [-0.3, -0.25) is 0 Å². The molecule has 0 radical (unpaired) electrons. The van der Waals surface area contributed by atoms with E-state index >= 15 is 0 Å². The van der Waals surface area contributed by atoms with Crippen molar-refractivity contribution in [2.24, 2.45) is 0 Å². The highest BCUT2D eigenvalue weighted by molar-refractivity contribution is 7.22. The Morgan fingerprint density at radius 1 is 1.38 bits per heavy atom. The van der Waals surface area contributed by atoms with Gasteiger partial charge in [-0.2, -0.15) is 0 Å². The largest absolute Gasteiger partial charge is 0.106 e. The third kappa shape index (κ3) is 1.63. The van der Waals surface area contributed by atoms with Crippen molar-refractivity contribution in [2.75, 3.05) is 0 Å².